The van der Waals surface area contributed by atoms with Crippen LogP contribution in [0.4, 0.5) is 0 Å². The third-order valence-corrected chi connectivity index (χ3v) is 10.7. The molecule has 2 aromatic rings. The second-order valence-corrected chi connectivity index (χ2v) is 14.4. The molecule has 0 radical (unpaired) electrons. The van der Waals surface area contributed by atoms with E-state index in [-0.39, 0.29) is 23.7 Å². The Hall–Kier alpha value is -2.54. The number of hydrogen-bond donors (Lipinski definition) is 0. The Kier molecular flexibility index (Phi) is 3.67. The summed E-state index contributed by atoms with van der Waals surface area (Å²) in [6.45, 7) is 13.6. The average molecular weight is 415 g/mol. The summed E-state index contributed by atoms with van der Waals surface area (Å²) in [6.07, 6.45) is 0. The Morgan fingerprint density at radius 3 is 1.24 bits per heavy atom. The first-order valence-corrected chi connectivity index (χ1v) is 11.7. The Balaban J connectivity index is 1.82. The lowest BCUT2D eigenvalue weighted by molar-refractivity contribution is 0.173. The van der Waals surface area contributed by atoms with E-state index < -0.39 is 8.56 Å². The molecule has 3 heterocycles. The molecule has 2 aromatic carbocycles. The van der Waals surface area contributed by atoms with E-state index in [2.05, 4.69) is 41.5 Å². The summed E-state index contributed by atoms with van der Waals surface area (Å²) in [5.74, 6) is 4.30. The van der Waals surface area contributed by atoms with E-state index in [9.17, 15) is 0 Å². The highest BCUT2D eigenvalue weighted by atomic mass is 28.4. The van der Waals surface area contributed by atoms with Crippen molar-refractivity contribution >= 4 is 8.56 Å². The molecular weight excluding hydrogens is 388 g/mol. The number of rotatable bonds is 0. The Morgan fingerprint density at radius 1 is 0.552 bits per heavy atom. The summed E-state index contributed by atoms with van der Waals surface area (Å²) in [4.78, 5) is 0. The van der Waals surface area contributed by atoms with Crippen molar-refractivity contribution in [3.8, 4) is 45.6 Å². The molecule has 3 aliphatic rings. The largest absolute Gasteiger partial charge is 0.511 e. The molecule has 0 atom stereocenters. The Morgan fingerprint density at radius 2 is 0.897 bits per heavy atom. The number of ether oxygens (including phenoxy) is 4. The maximum absolute atomic E-state index is 6.91. The van der Waals surface area contributed by atoms with E-state index in [1.54, 1.807) is 0 Å². The Labute approximate surface area is 171 Å². The molecular formula is C22H26O6Si. The van der Waals surface area contributed by atoms with Gasteiger partial charge in [-0.1, -0.05) is 41.5 Å². The van der Waals surface area contributed by atoms with Crippen LogP contribution in [0.25, 0.3) is 11.1 Å². The zero-order chi connectivity index (χ0) is 20.6. The predicted molar refractivity (Wildman–Crippen MR) is 111 cm³/mol. The topological polar surface area (TPSA) is 55.4 Å². The van der Waals surface area contributed by atoms with Gasteiger partial charge in [0.15, 0.2) is 23.0 Å². The monoisotopic (exact) mass is 414 g/mol. The minimum absolute atomic E-state index is 0.211. The molecule has 29 heavy (non-hydrogen) atoms. The van der Waals surface area contributed by atoms with Crippen molar-refractivity contribution < 1.29 is 27.8 Å². The van der Waals surface area contributed by atoms with E-state index in [1.165, 1.54) is 0 Å². The standard InChI is InChI=1S/C22H26O6Si/c1-21(2,3)29(22(4,5)6)27-15-9-19-17(23-11-25-19)7-13(15)14-8-18-20(26-12-24-18)10-16(14)28-29/h7-10H,11-12H2,1-6H3. The average Bonchev–Trinajstić information content (AvgIpc) is 3.22. The number of benzene rings is 2. The number of hydrogen-bond acceptors (Lipinski definition) is 6. The van der Waals surface area contributed by atoms with Crippen molar-refractivity contribution in [1.29, 1.82) is 0 Å². The summed E-state index contributed by atoms with van der Waals surface area (Å²) >= 11 is 0. The summed E-state index contributed by atoms with van der Waals surface area (Å²) in [7, 11) is -2.90. The van der Waals surface area contributed by atoms with Gasteiger partial charge >= 0.3 is 8.56 Å². The van der Waals surface area contributed by atoms with Crippen LogP contribution >= 0.6 is 0 Å². The smallest absolute Gasteiger partial charge is 0.471 e. The molecule has 0 saturated heterocycles. The SMILES string of the molecule is CC(C)(C)[Si]1(C(C)(C)C)Oc2cc3c(cc2-c2cc4c(cc2O1)OCO4)OCO3. The van der Waals surface area contributed by atoms with Gasteiger partial charge in [0.1, 0.15) is 11.5 Å². The molecule has 0 bridgehead atoms. The molecule has 0 saturated carbocycles. The molecule has 3 aliphatic heterocycles. The highest BCUT2D eigenvalue weighted by molar-refractivity contribution is 6.75. The van der Waals surface area contributed by atoms with Crippen LogP contribution in [0.1, 0.15) is 41.5 Å². The van der Waals surface area contributed by atoms with Gasteiger partial charge in [0, 0.05) is 33.3 Å². The Bertz CT molecular complexity index is 920. The highest BCUT2D eigenvalue weighted by Crippen LogP contribution is 2.58. The maximum Gasteiger partial charge on any atom is 0.471 e. The van der Waals surface area contributed by atoms with Crippen LogP contribution in [0.2, 0.25) is 10.1 Å². The van der Waals surface area contributed by atoms with Gasteiger partial charge in [0.05, 0.1) is 0 Å². The van der Waals surface area contributed by atoms with Crippen LogP contribution in [-0.4, -0.2) is 22.1 Å². The third kappa shape index (κ3) is 2.60. The molecule has 0 unspecified atom stereocenters. The van der Waals surface area contributed by atoms with Gasteiger partial charge < -0.3 is 27.8 Å². The van der Waals surface area contributed by atoms with Gasteiger partial charge in [0.25, 0.3) is 0 Å². The van der Waals surface area contributed by atoms with E-state index in [0.717, 1.165) is 22.6 Å². The molecule has 0 fully saturated rings. The highest BCUT2D eigenvalue weighted by Gasteiger charge is 2.63. The van der Waals surface area contributed by atoms with Crippen LogP contribution in [-0.2, 0) is 0 Å². The fourth-order valence-corrected chi connectivity index (χ4v) is 8.98. The fourth-order valence-electron chi connectivity index (χ4n) is 4.50. The maximum atomic E-state index is 6.91. The first-order chi connectivity index (χ1) is 13.6. The zero-order valence-corrected chi connectivity index (χ0v) is 18.7. The molecule has 154 valence electrons. The first kappa shape index (κ1) is 18.5. The second-order valence-electron chi connectivity index (χ2n) is 9.72. The van der Waals surface area contributed by atoms with E-state index in [0.29, 0.717) is 23.0 Å². The fraction of sp³-hybridized carbons (Fsp3) is 0.455. The molecule has 0 aromatic heterocycles. The number of fused-ring (bicyclic) bond motifs is 5. The van der Waals surface area contributed by atoms with Crippen molar-refractivity contribution in [2.45, 2.75) is 51.6 Å². The van der Waals surface area contributed by atoms with Crippen LogP contribution < -0.4 is 27.8 Å². The lowest BCUT2D eigenvalue weighted by atomic mass is 10.0. The quantitative estimate of drug-likeness (QED) is 0.521. The first-order valence-electron chi connectivity index (χ1n) is 9.85. The molecule has 0 N–H and O–H groups in total. The molecule has 0 spiro atoms. The molecule has 0 aliphatic carbocycles. The van der Waals surface area contributed by atoms with Gasteiger partial charge in [-0.05, 0) is 12.1 Å². The third-order valence-electron chi connectivity index (χ3n) is 5.72. The lowest BCUT2D eigenvalue weighted by Crippen LogP contribution is -2.62. The minimum atomic E-state index is -2.90. The van der Waals surface area contributed by atoms with Crippen molar-refractivity contribution in [3.05, 3.63) is 24.3 Å². The van der Waals surface area contributed by atoms with Crippen LogP contribution in [0, 0.1) is 0 Å². The molecule has 6 nitrogen and oxygen atoms in total. The summed E-state index contributed by atoms with van der Waals surface area (Å²) < 4.78 is 36.4. The van der Waals surface area contributed by atoms with Crippen molar-refractivity contribution in [1.82, 2.24) is 0 Å². The van der Waals surface area contributed by atoms with Crippen LogP contribution in [0.15, 0.2) is 24.3 Å². The van der Waals surface area contributed by atoms with Gasteiger partial charge in [0.2, 0.25) is 13.6 Å². The summed E-state index contributed by atoms with van der Waals surface area (Å²) in [5.41, 5.74) is 1.82. The summed E-state index contributed by atoms with van der Waals surface area (Å²) in [5, 5.41) is -0.423. The van der Waals surface area contributed by atoms with Gasteiger partial charge in [-0.2, -0.15) is 0 Å². The summed E-state index contributed by atoms with van der Waals surface area (Å²) in [6, 6.07) is 7.80. The van der Waals surface area contributed by atoms with Gasteiger partial charge in [-0.25, -0.2) is 0 Å². The van der Waals surface area contributed by atoms with Crippen molar-refractivity contribution in [3.63, 3.8) is 0 Å². The van der Waals surface area contributed by atoms with Crippen molar-refractivity contribution in [2.75, 3.05) is 13.6 Å². The second kappa shape index (κ2) is 5.75. The predicted octanol–water partition coefficient (Wildman–Crippen LogP) is 5.62. The molecule has 0 amide bonds. The molecule has 7 heteroatoms. The van der Waals surface area contributed by atoms with Crippen molar-refractivity contribution in [2.24, 2.45) is 0 Å². The van der Waals surface area contributed by atoms with E-state index in [4.69, 9.17) is 27.8 Å². The van der Waals surface area contributed by atoms with Gasteiger partial charge in [-0.3, -0.25) is 0 Å². The molecule has 5 rings (SSSR count). The normalized spacial score (nSPS) is 18.3. The van der Waals surface area contributed by atoms with Gasteiger partial charge in [-0.15, -0.1) is 0 Å². The minimum Gasteiger partial charge on any atom is -0.511 e. The van der Waals surface area contributed by atoms with E-state index in [1.807, 2.05) is 24.3 Å². The van der Waals surface area contributed by atoms with Crippen LogP contribution in [0.3, 0.4) is 0 Å². The lowest BCUT2D eigenvalue weighted by Gasteiger charge is -2.47. The zero-order valence-electron chi connectivity index (χ0n) is 17.7. The van der Waals surface area contributed by atoms with E-state index >= 15 is 0 Å². The van der Waals surface area contributed by atoms with Crippen LogP contribution in [0.5, 0.6) is 34.5 Å².